The largest absolute Gasteiger partial charge is 0.478 e. The fourth-order valence-electron chi connectivity index (χ4n) is 2.25. The first kappa shape index (κ1) is 27.3. The fourth-order valence-corrected chi connectivity index (χ4v) is 2.25. The smallest absolute Gasteiger partial charge is 0.333 e. The summed E-state index contributed by atoms with van der Waals surface area (Å²) in [7, 11) is 0. The molecule has 31 heavy (non-hydrogen) atoms. The number of allylic oxidation sites excluding steroid dienone is 7. The molecule has 1 amide bonds. The van der Waals surface area contributed by atoms with E-state index in [0.717, 1.165) is 5.57 Å². The molecule has 1 unspecified atom stereocenters. The number of nitrogens with one attached hydrogen (secondary N) is 1. The zero-order chi connectivity index (χ0) is 24.0. The van der Waals surface area contributed by atoms with E-state index in [1.165, 1.54) is 19.1 Å². The van der Waals surface area contributed by atoms with Crippen molar-refractivity contribution >= 4 is 23.1 Å². The van der Waals surface area contributed by atoms with Gasteiger partial charge in [-0.15, -0.1) is 0 Å². The summed E-state index contributed by atoms with van der Waals surface area (Å²) >= 11 is 0. The normalized spacial score (nSPS) is 12.4. The van der Waals surface area contributed by atoms with Crippen molar-refractivity contribution in [2.45, 2.75) is 34.1 Å². The molecule has 1 heterocycles. The number of nitrogen functional groups attached to an aromatic ring is 1. The monoisotopic (exact) mass is 423 g/mol. The number of amides is 1. The maximum Gasteiger partial charge on any atom is 0.333 e. The van der Waals surface area contributed by atoms with Gasteiger partial charge in [0.05, 0.1) is 28.8 Å². The molecule has 0 spiro atoms. The number of rotatable bonds is 10. The molecule has 6 nitrogen and oxygen atoms in total. The lowest BCUT2D eigenvalue weighted by molar-refractivity contribution is -0.132. The molecule has 166 valence electrons. The second-order valence-corrected chi connectivity index (χ2v) is 6.53. The molecule has 1 aromatic rings. The molecule has 0 aliphatic heterocycles. The lowest BCUT2D eigenvalue weighted by Gasteiger charge is -2.14. The van der Waals surface area contributed by atoms with Gasteiger partial charge in [-0.2, -0.15) is 0 Å². The summed E-state index contributed by atoms with van der Waals surface area (Å²) in [5.74, 6) is -1.82. The Bertz CT molecular complexity index is 891. The van der Waals surface area contributed by atoms with Crippen LogP contribution in [-0.4, -0.2) is 22.0 Å². The number of carbonyl (C=O) groups excluding carboxylic acids is 1. The van der Waals surface area contributed by atoms with Crippen LogP contribution in [0.5, 0.6) is 0 Å². The molecule has 6 heteroatoms. The van der Waals surface area contributed by atoms with Crippen molar-refractivity contribution in [2.75, 3.05) is 5.73 Å². The standard InChI is InChI=1S/C23H27N3O3.C2H6/c1-6-7-8-21(18(5)23(28)29)26-22(27)17(4)13-15(2)9-10-16(3)20-12-11-19(24)14-25-20;1-2/h6-12,14,17H,1-3,13,24H2,4-5H3,(H,26,27)(H,28,29);1-2H3/b8-7-,10-9-,21-18-;. The number of aliphatic carboxylic acids is 1. The van der Waals surface area contributed by atoms with Crippen LogP contribution in [0.15, 0.2) is 85.3 Å². The number of hydrogen-bond acceptors (Lipinski definition) is 4. The fraction of sp³-hybridized carbons (Fsp3) is 0.240. The number of nitrogens with zero attached hydrogens (tertiary/aromatic N) is 1. The first-order valence-corrected chi connectivity index (χ1v) is 9.96. The van der Waals surface area contributed by atoms with E-state index in [0.29, 0.717) is 23.4 Å². The van der Waals surface area contributed by atoms with E-state index >= 15 is 0 Å². The SMILES string of the molecule is C=C/C=C\C(NC(=O)C(C)CC(=C)/C=C\C(=C)c1ccc(N)cn1)=C(/C)C(=O)O.CC. The minimum Gasteiger partial charge on any atom is -0.478 e. The zero-order valence-electron chi connectivity index (χ0n) is 18.8. The van der Waals surface area contributed by atoms with Crippen molar-refractivity contribution in [1.29, 1.82) is 0 Å². The van der Waals surface area contributed by atoms with Crippen LogP contribution in [0.2, 0.25) is 0 Å². The highest BCUT2D eigenvalue weighted by Gasteiger charge is 2.16. The summed E-state index contributed by atoms with van der Waals surface area (Å²) in [4.78, 5) is 27.9. The van der Waals surface area contributed by atoms with Gasteiger partial charge in [0.25, 0.3) is 0 Å². The maximum absolute atomic E-state index is 12.5. The molecule has 0 saturated carbocycles. The van der Waals surface area contributed by atoms with Crippen LogP contribution >= 0.6 is 0 Å². The van der Waals surface area contributed by atoms with Crippen LogP contribution in [0.4, 0.5) is 5.69 Å². The Labute approximate surface area is 185 Å². The predicted octanol–water partition coefficient (Wildman–Crippen LogP) is 5.06. The average Bonchev–Trinajstić information content (AvgIpc) is 2.75. The van der Waals surface area contributed by atoms with Crippen molar-refractivity contribution in [3.05, 3.63) is 91.0 Å². The maximum atomic E-state index is 12.5. The van der Waals surface area contributed by atoms with Crippen molar-refractivity contribution in [1.82, 2.24) is 10.3 Å². The molecule has 1 aromatic heterocycles. The van der Waals surface area contributed by atoms with Crippen LogP contribution in [0.3, 0.4) is 0 Å². The minimum atomic E-state index is -1.11. The van der Waals surface area contributed by atoms with Crippen molar-refractivity contribution in [3.63, 3.8) is 0 Å². The molecule has 4 N–H and O–H groups in total. The first-order chi connectivity index (χ1) is 14.6. The summed E-state index contributed by atoms with van der Waals surface area (Å²) in [5.41, 5.74) is 8.57. The number of hydrogen-bond donors (Lipinski definition) is 3. The van der Waals surface area contributed by atoms with Gasteiger partial charge in [-0.3, -0.25) is 9.78 Å². The van der Waals surface area contributed by atoms with E-state index in [2.05, 4.69) is 30.0 Å². The predicted molar refractivity (Wildman–Crippen MR) is 129 cm³/mol. The molecule has 1 rings (SSSR count). The van der Waals surface area contributed by atoms with Gasteiger partial charge < -0.3 is 16.2 Å². The van der Waals surface area contributed by atoms with Crippen LogP contribution < -0.4 is 11.1 Å². The van der Waals surface area contributed by atoms with Gasteiger partial charge in [0, 0.05) is 5.92 Å². The highest BCUT2D eigenvalue weighted by molar-refractivity contribution is 5.89. The lowest BCUT2D eigenvalue weighted by Crippen LogP contribution is -2.29. The quantitative estimate of drug-likeness (QED) is 0.360. The number of pyridine rings is 1. The van der Waals surface area contributed by atoms with E-state index in [4.69, 9.17) is 10.8 Å². The molecule has 0 radical (unpaired) electrons. The molecule has 0 aromatic carbocycles. The van der Waals surface area contributed by atoms with E-state index in [1.807, 2.05) is 13.8 Å². The average molecular weight is 424 g/mol. The number of carbonyl (C=O) groups is 2. The van der Waals surface area contributed by atoms with Gasteiger partial charge >= 0.3 is 5.97 Å². The molecular formula is C25H33N3O3. The highest BCUT2D eigenvalue weighted by atomic mass is 16.4. The minimum absolute atomic E-state index is 0.0367. The van der Waals surface area contributed by atoms with Gasteiger partial charge in [-0.05, 0) is 37.1 Å². The Hall–Kier alpha value is -3.67. The second-order valence-electron chi connectivity index (χ2n) is 6.53. The van der Waals surface area contributed by atoms with E-state index in [-0.39, 0.29) is 17.2 Å². The summed E-state index contributed by atoms with van der Waals surface area (Å²) in [6.45, 7) is 18.6. The molecule has 0 aliphatic carbocycles. The summed E-state index contributed by atoms with van der Waals surface area (Å²) in [5, 5.41) is 11.8. The van der Waals surface area contributed by atoms with E-state index in [1.54, 1.807) is 43.5 Å². The summed E-state index contributed by atoms with van der Waals surface area (Å²) in [6.07, 6.45) is 10.1. The molecule has 0 fully saturated rings. The van der Waals surface area contributed by atoms with Crippen LogP contribution in [0.25, 0.3) is 5.57 Å². The molecule has 0 aliphatic rings. The number of aromatic nitrogens is 1. The summed E-state index contributed by atoms with van der Waals surface area (Å²) in [6, 6.07) is 3.52. The number of carboxylic acids is 1. The van der Waals surface area contributed by atoms with Gasteiger partial charge in [0.1, 0.15) is 0 Å². The van der Waals surface area contributed by atoms with E-state index < -0.39 is 11.9 Å². The molecule has 0 saturated heterocycles. The molecule has 1 atom stereocenters. The Morgan fingerprint density at radius 2 is 1.87 bits per heavy atom. The third kappa shape index (κ3) is 10.1. The molecule has 0 bridgehead atoms. The van der Waals surface area contributed by atoms with Crippen molar-refractivity contribution in [3.8, 4) is 0 Å². The van der Waals surface area contributed by atoms with Gasteiger partial charge in [0.15, 0.2) is 0 Å². The van der Waals surface area contributed by atoms with Gasteiger partial charge in [-0.1, -0.05) is 70.4 Å². The highest BCUT2D eigenvalue weighted by Crippen LogP contribution is 2.17. The van der Waals surface area contributed by atoms with Crippen LogP contribution in [-0.2, 0) is 9.59 Å². The first-order valence-electron chi connectivity index (χ1n) is 9.96. The second kappa shape index (κ2) is 14.3. The third-order valence-electron chi connectivity index (χ3n) is 4.03. The topological polar surface area (TPSA) is 105 Å². The van der Waals surface area contributed by atoms with Crippen LogP contribution in [0.1, 0.15) is 39.8 Å². The Morgan fingerprint density at radius 1 is 1.23 bits per heavy atom. The molecular weight excluding hydrogens is 390 g/mol. The Kier molecular flexibility index (Phi) is 12.6. The lowest BCUT2D eigenvalue weighted by atomic mass is 10.00. The van der Waals surface area contributed by atoms with Gasteiger partial charge in [-0.25, -0.2) is 4.79 Å². The van der Waals surface area contributed by atoms with Crippen molar-refractivity contribution < 1.29 is 14.7 Å². The third-order valence-corrected chi connectivity index (χ3v) is 4.03. The van der Waals surface area contributed by atoms with Crippen molar-refractivity contribution in [2.24, 2.45) is 5.92 Å². The van der Waals surface area contributed by atoms with Gasteiger partial charge in [0.2, 0.25) is 5.91 Å². The number of nitrogens with two attached hydrogens (primary N) is 1. The Morgan fingerprint density at radius 3 is 2.39 bits per heavy atom. The van der Waals surface area contributed by atoms with Crippen LogP contribution in [0, 0.1) is 5.92 Å². The van der Waals surface area contributed by atoms with E-state index in [9.17, 15) is 9.59 Å². The summed E-state index contributed by atoms with van der Waals surface area (Å²) < 4.78 is 0. The number of carboxylic acid groups (broad SMARTS) is 1. The number of anilines is 1. The Balaban J connectivity index is 0.00000436. The zero-order valence-corrected chi connectivity index (χ0v) is 18.8.